The van der Waals surface area contributed by atoms with E-state index < -0.39 is 5.54 Å². The molecule has 1 unspecified atom stereocenters. The second-order valence-electron chi connectivity index (χ2n) is 4.96. The van der Waals surface area contributed by atoms with Gasteiger partial charge >= 0.3 is 5.97 Å². The predicted molar refractivity (Wildman–Crippen MR) is 83.2 cm³/mol. The monoisotopic (exact) mass is 289 g/mol. The number of benzene rings is 1. The van der Waals surface area contributed by atoms with Gasteiger partial charge in [-0.05, 0) is 44.4 Å². The average molecular weight is 289 g/mol. The zero-order valence-electron chi connectivity index (χ0n) is 12.9. The maximum atomic E-state index is 12.1. The lowest BCUT2D eigenvalue weighted by Gasteiger charge is -2.27. The Labute approximate surface area is 126 Å². The molecule has 0 aliphatic heterocycles. The lowest BCUT2D eigenvalue weighted by atomic mass is 9.93. The summed E-state index contributed by atoms with van der Waals surface area (Å²) in [4.78, 5) is 12.1. The first kappa shape index (κ1) is 17.1. The number of ether oxygens (including phenoxy) is 2. The third-order valence-electron chi connectivity index (χ3n) is 3.38. The highest BCUT2D eigenvalue weighted by molar-refractivity contribution is 5.80. The maximum absolute atomic E-state index is 12.1. The Bertz CT molecular complexity index is 490. The smallest absolute Gasteiger partial charge is 0.326 e. The standard InChI is InChI=1S/C17H23NO3/c1-5-13-18-17(3,16(19)21-6-2)12-11-14-7-9-15(20-4)10-8-14/h1,7-10,18H,6,11-13H2,2-4H3. The van der Waals surface area contributed by atoms with Crippen LogP contribution in [0.2, 0.25) is 0 Å². The van der Waals surface area contributed by atoms with Gasteiger partial charge in [0, 0.05) is 0 Å². The van der Waals surface area contributed by atoms with Gasteiger partial charge in [0.05, 0.1) is 20.3 Å². The number of carbonyl (C=O) groups is 1. The van der Waals surface area contributed by atoms with Crippen molar-refractivity contribution in [3.05, 3.63) is 29.8 Å². The van der Waals surface area contributed by atoms with Crippen molar-refractivity contribution in [2.24, 2.45) is 0 Å². The van der Waals surface area contributed by atoms with E-state index in [2.05, 4.69) is 11.2 Å². The number of carbonyl (C=O) groups excluding carboxylic acids is 1. The molecule has 0 aliphatic rings. The highest BCUT2D eigenvalue weighted by Gasteiger charge is 2.33. The zero-order chi connectivity index (χ0) is 15.7. The highest BCUT2D eigenvalue weighted by Crippen LogP contribution is 2.18. The normalized spacial score (nSPS) is 13.0. The van der Waals surface area contributed by atoms with Crippen LogP contribution in [0.15, 0.2) is 24.3 Å². The van der Waals surface area contributed by atoms with Crippen molar-refractivity contribution in [1.82, 2.24) is 5.32 Å². The summed E-state index contributed by atoms with van der Waals surface area (Å²) in [6.45, 7) is 4.31. The van der Waals surface area contributed by atoms with E-state index >= 15 is 0 Å². The minimum atomic E-state index is -0.775. The molecule has 1 aromatic carbocycles. The minimum absolute atomic E-state index is 0.270. The lowest BCUT2D eigenvalue weighted by molar-refractivity contribution is -0.150. The molecule has 0 saturated heterocycles. The Morgan fingerprint density at radius 1 is 1.38 bits per heavy atom. The van der Waals surface area contributed by atoms with Crippen molar-refractivity contribution in [2.45, 2.75) is 32.2 Å². The molecule has 0 aliphatic carbocycles. The molecule has 1 N–H and O–H groups in total. The molecule has 0 amide bonds. The van der Waals surface area contributed by atoms with Crippen molar-refractivity contribution >= 4 is 5.97 Å². The summed E-state index contributed by atoms with van der Waals surface area (Å²) < 4.78 is 10.3. The SMILES string of the molecule is C#CCNC(C)(CCc1ccc(OC)cc1)C(=O)OCC. The molecule has 1 atom stereocenters. The van der Waals surface area contributed by atoms with Crippen LogP contribution in [0, 0.1) is 12.3 Å². The van der Waals surface area contributed by atoms with E-state index in [4.69, 9.17) is 15.9 Å². The third-order valence-corrected chi connectivity index (χ3v) is 3.38. The summed E-state index contributed by atoms with van der Waals surface area (Å²) in [5.41, 5.74) is 0.358. The van der Waals surface area contributed by atoms with Gasteiger partial charge in [0.25, 0.3) is 0 Å². The number of nitrogens with one attached hydrogen (secondary N) is 1. The van der Waals surface area contributed by atoms with Crippen LogP contribution in [0.1, 0.15) is 25.8 Å². The summed E-state index contributed by atoms with van der Waals surface area (Å²) in [5, 5.41) is 3.09. The van der Waals surface area contributed by atoms with E-state index in [1.54, 1.807) is 14.0 Å². The molecule has 1 rings (SSSR count). The average Bonchev–Trinajstić information content (AvgIpc) is 2.51. The summed E-state index contributed by atoms with van der Waals surface area (Å²) >= 11 is 0. The van der Waals surface area contributed by atoms with Crippen LogP contribution in [0.3, 0.4) is 0 Å². The van der Waals surface area contributed by atoms with Crippen molar-refractivity contribution in [3.63, 3.8) is 0 Å². The van der Waals surface area contributed by atoms with Gasteiger partial charge in [-0.2, -0.15) is 0 Å². The topological polar surface area (TPSA) is 47.6 Å². The number of methoxy groups -OCH3 is 1. The molecule has 0 saturated carbocycles. The van der Waals surface area contributed by atoms with Gasteiger partial charge in [0.1, 0.15) is 11.3 Å². The second kappa shape index (κ2) is 8.33. The Kier molecular flexibility index (Phi) is 6.77. The van der Waals surface area contributed by atoms with Gasteiger partial charge in [0.15, 0.2) is 0 Å². The Morgan fingerprint density at radius 3 is 2.57 bits per heavy atom. The van der Waals surface area contributed by atoms with Gasteiger partial charge in [-0.25, -0.2) is 0 Å². The van der Waals surface area contributed by atoms with Crippen molar-refractivity contribution < 1.29 is 14.3 Å². The summed E-state index contributed by atoms with van der Waals surface area (Å²) in [7, 11) is 1.64. The number of terminal acetylenes is 1. The molecule has 0 aromatic heterocycles. The fourth-order valence-electron chi connectivity index (χ4n) is 1.99. The van der Waals surface area contributed by atoms with Crippen LogP contribution in [0.5, 0.6) is 5.75 Å². The van der Waals surface area contributed by atoms with Gasteiger partial charge in [-0.3, -0.25) is 10.1 Å². The van der Waals surface area contributed by atoms with Crippen LogP contribution in [-0.2, 0) is 16.0 Å². The van der Waals surface area contributed by atoms with E-state index in [-0.39, 0.29) is 5.97 Å². The predicted octanol–water partition coefficient (Wildman–Crippen LogP) is 2.17. The first-order chi connectivity index (χ1) is 10.1. The van der Waals surface area contributed by atoms with Crippen LogP contribution < -0.4 is 10.1 Å². The zero-order valence-corrected chi connectivity index (χ0v) is 12.9. The number of hydrogen-bond donors (Lipinski definition) is 1. The number of aryl methyl sites for hydroxylation is 1. The minimum Gasteiger partial charge on any atom is -0.497 e. The largest absolute Gasteiger partial charge is 0.497 e. The van der Waals surface area contributed by atoms with Crippen molar-refractivity contribution in [1.29, 1.82) is 0 Å². The Morgan fingerprint density at radius 2 is 2.05 bits per heavy atom. The van der Waals surface area contributed by atoms with Crippen LogP contribution >= 0.6 is 0 Å². The van der Waals surface area contributed by atoms with Gasteiger partial charge in [-0.15, -0.1) is 6.42 Å². The third kappa shape index (κ3) is 5.13. The van der Waals surface area contributed by atoms with Gasteiger partial charge < -0.3 is 9.47 Å². The number of esters is 1. The van der Waals surface area contributed by atoms with Crippen LogP contribution in [0.25, 0.3) is 0 Å². The van der Waals surface area contributed by atoms with Gasteiger partial charge in [0.2, 0.25) is 0 Å². The molecule has 4 nitrogen and oxygen atoms in total. The maximum Gasteiger partial charge on any atom is 0.326 e. The van der Waals surface area contributed by atoms with E-state index in [1.807, 2.05) is 31.2 Å². The first-order valence-corrected chi connectivity index (χ1v) is 7.04. The van der Waals surface area contributed by atoms with Crippen molar-refractivity contribution in [3.8, 4) is 18.1 Å². The fraction of sp³-hybridized carbons (Fsp3) is 0.471. The second-order valence-corrected chi connectivity index (χ2v) is 4.96. The molecule has 114 valence electrons. The molecule has 0 heterocycles. The number of rotatable bonds is 8. The van der Waals surface area contributed by atoms with E-state index in [0.29, 0.717) is 19.6 Å². The first-order valence-electron chi connectivity index (χ1n) is 7.04. The highest BCUT2D eigenvalue weighted by atomic mass is 16.5. The van der Waals surface area contributed by atoms with E-state index in [1.165, 1.54) is 0 Å². The summed E-state index contributed by atoms with van der Waals surface area (Å²) in [6.07, 6.45) is 6.63. The lowest BCUT2D eigenvalue weighted by Crippen LogP contribution is -2.51. The molecular weight excluding hydrogens is 266 g/mol. The summed E-state index contributed by atoms with van der Waals surface area (Å²) in [6, 6.07) is 7.80. The molecular formula is C17H23NO3. The molecule has 4 heteroatoms. The van der Waals surface area contributed by atoms with Crippen LogP contribution in [-0.4, -0.2) is 31.8 Å². The Balaban J connectivity index is 2.71. The fourth-order valence-corrected chi connectivity index (χ4v) is 1.99. The molecule has 0 spiro atoms. The van der Waals surface area contributed by atoms with E-state index in [0.717, 1.165) is 17.7 Å². The Hall–Kier alpha value is -1.99. The summed E-state index contributed by atoms with van der Waals surface area (Å²) in [5.74, 6) is 3.05. The molecule has 1 aromatic rings. The van der Waals surface area contributed by atoms with Gasteiger partial charge in [-0.1, -0.05) is 18.1 Å². The van der Waals surface area contributed by atoms with E-state index in [9.17, 15) is 4.79 Å². The number of hydrogen-bond acceptors (Lipinski definition) is 4. The molecule has 0 radical (unpaired) electrons. The molecule has 0 fully saturated rings. The quantitative estimate of drug-likeness (QED) is 0.588. The molecule has 0 bridgehead atoms. The van der Waals surface area contributed by atoms with Crippen LogP contribution in [0.4, 0.5) is 0 Å². The van der Waals surface area contributed by atoms with Crippen molar-refractivity contribution in [2.75, 3.05) is 20.3 Å². The molecule has 21 heavy (non-hydrogen) atoms.